The van der Waals surface area contributed by atoms with Crippen LogP contribution in [0.25, 0.3) is 0 Å². The molecule has 0 atom stereocenters. The van der Waals surface area contributed by atoms with E-state index in [0.29, 0.717) is 11.8 Å². The third kappa shape index (κ3) is 1.93. The molecule has 0 aromatic carbocycles. The standard InChI is InChI=1S/C11H13NO5/c1-6-7(5-13)9(11(15)17-4)12(2)8(6)10(14)16-3/h5H,1-4H3. The third-order valence-electron chi connectivity index (χ3n) is 2.56. The normalized spacial score (nSPS) is 9.88. The molecule has 0 aliphatic heterocycles. The molecule has 0 saturated carbocycles. The van der Waals surface area contributed by atoms with Crippen LogP contribution in [0.3, 0.4) is 0 Å². The molecule has 0 radical (unpaired) electrons. The monoisotopic (exact) mass is 239 g/mol. The first-order chi connectivity index (χ1) is 7.99. The second kappa shape index (κ2) is 4.82. The van der Waals surface area contributed by atoms with Gasteiger partial charge in [0.25, 0.3) is 0 Å². The van der Waals surface area contributed by atoms with E-state index in [4.69, 9.17) is 0 Å². The maximum absolute atomic E-state index is 11.5. The van der Waals surface area contributed by atoms with Crippen LogP contribution in [0.4, 0.5) is 0 Å². The number of aromatic nitrogens is 1. The maximum atomic E-state index is 11.5. The fraction of sp³-hybridized carbons (Fsp3) is 0.364. The molecule has 1 rings (SSSR count). The minimum Gasteiger partial charge on any atom is -0.464 e. The van der Waals surface area contributed by atoms with Crippen LogP contribution >= 0.6 is 0 Å². The van der Waals surface area contributed by atoms with Crippen LogP contribution in [0.5, 0.6) is 0 Å². The molecule has 0 aliphatic carbocycles. The average Bonchev–Trinajstić information content (AvgIpc) is 2.58. The highest BCUT2D eigenvalue weighted by Crippen LogP contribution is 2.21. The van der Waals surface area contributed by atoms with Gasteiger partial charge in [-0.05, 0) is 12.5 Å². The van der Waals surface area contributed by atoms with E-state index in [1.165, 1.54) is 25.8 Å². The number of hydrogen-bond donors (Lipinski definition) is 0. The van der Waals surface area contributed by atoms with Crippen LogP contribution in [0, 0.1) is 6.92 Å². The van der Waals surface area contributed by atoms with E-state index < -0.39 is 11.9 Å². The molecule has 92 valence electrons. The van der Waals surface area contributed by atoms with Gasteiger partial charge in [-0.2, -0.15) is 0 Å². The summed E-state index contributed by atoms with van der Waals surface area (Å²) in [5, 5.41) is 0. The largest absolute Gasteiger partial charge is 0.464 e. The maximum Gasteiger partial charge on any atom is 0.355 e. The Bertz CT molecular complexity index is 487. The van der Waals surface area contributed by atoms with Gasteiger partial charge in [0.2, 0.25) is 0 Å². The third-order valence-corrected chi connectivity index (χ3v) is 2.56. The fourth-order valence-corrected chi connectivity index (χ4v) is 1.72. The topological polar surface area (TPSA) is 74.6 Å². The van der Waals surface area contributed by atoms with Crippen molar-refractivity contribution in [3.8, 4) is 0 Å². The van der Waals surface area contributed by atoms with E-state index in [0.717, 1.165) is 0 Å². The molecular formula is C11H13NO5. The van der Waals surface area contributed by atoms with Crippen molar-refractivity contribution in [3.63, 3.8) is 0 Å². The summed E-state index contributed by atoms with van der Waals surface area (Å²) in [5.41, 5.74) is 0.741. The number of methoxy groups -OCH3 is 2. The summed E-state index contributed by atoms with van der Waals surface area (Å²) in [6.07, 6.45) is 0.522. The molecule has 0 spiro atoms. The zero-order chi connectivity index (χ0) is 13.2. The van der Waals surface area contributed by atoms with Gasteiger partial charge in [-0.15, -0.1) is 0 Å². The van der Waals surface area contributed by atoms with Crippen molar-refractivity contribution in [1.82, 2.24) is 4.57 Å². The molecule has 0 bridgehead atoms. The summed E-state index contributed by atoms with van der Waals surface area (Å²) in [7, 11) is 3.93. The van der Waals surface area contributed by atoms with Crippen molar-refractivity contribution in [2.75, 3.05) is 14.2 Å². The number of rotatable bonds is 3. The Kier molecular flexibility index (Phi) is 3.67. The molecule has 1 aromatic rings. The second-order valence-electron chi connectivity index (χ2n) is 3.40. The number of aldehydes is 1. The highest BCUT2D eigenvalue weighted by Gasteiger charge is 2.27. The first-order valence-electron chi connectivity index (χ1n) is 4.80. The Hall–Kier alpha value is -2.11. The lowest BCUT2D eigenvalue weighted by Gasteiger charge is -2.05. The van der Waals surface area contributed by atoms with Crippen LogP contribution in [-0.2, 0) is 16.5 Å². The number of ether oxygens (including phenoxy) is 2. The Morgan fingerprint density at radius 1 is 1.12 bits per heavy atom. The van der Waals surface area contributed by atoms with E-state index in [9.17, 15) is 14.4 Å². The predicted molar refractivity (Wildman–Crippen MR) is 58.2 cm³/mol. The summed E-state index contributed by atoms with van der Waals surface area (Å²) in [5.74, 6) is -1.28. The molecule has 0 unspecified atom stereocenters. The van der Waals surface area contributed by atoms with E-state index in [2.05, 4.69) is 9.47 Å². The Labute approximate surface area is 98.1 Å². The SMILES string of the molecule is COC(=O)c1c(C)c(C=O)c(C(=O)OC)n1C. The smallest absolute Gasteiger partial charge is 0.355 e. The number of hydrogen-bond acceptors (Lipinski definition) is 5. The van der Waals surface area contributed by atoms with Crippen LogP contribution < -0.4 is 0 Å². The van der Waals surface area contributed by atoms with Gasteiger partial charge in [0, 0.05) is 7.05 Å². The molecule has 0 fully saturated rings. The van der Waals surface area contributed by atoms with Gasteiger partial charge in [0.1, 0.15) is 11.4 Å². The van der Waals surface area contributed by atoms with Gasteiger partial charge in [-0.1, -0.05) is 0 Å². The lowest BCUT2D eigenvalue weighted by atomic mass is 10.1. The Morgan fingerprint density at radius 3 is 2.00 bits per heavy atom. The van der Waals surface area contributed by atoms with Crippen molar-refractivity contribution in [2.45, 2.75) is 6.92 Å². The fourth-order valence-electron chi connectivity index (χ4n) is 1.72. The first-order valence-corrected chi connectivity index (χ1v) is 4.80. The van der Waals surface area contributed by atoms with Gasteiger partial charge in [-0.3, -0.25) is 4.79 Å². The highest BCUT2D eigenvalue weighted by atomic mass is 16.5. The second-order valence-corrected chi connectivity index (χ2v) is 3.40. The number of carbonyl (C=O) groups excluding carboxylic acids is 3. The van der Waals surface area contributed by atoms with Gasteiger partial charge < -0.3 is 14.0 Å². The summed E-state index contributed by atoms with van der Waals surface area (Å²) in [6.45, 7) is 1.57. The quantitative estimate of drug-likeness (QED) is 0.574. The lowest BCUT2D eigenvalue weighted by Crippen LogP contribution is -2.14. The van der Waals surface area contributed by atoms with Gasteiger partial charge >= 0.3 is 11.9 Å². The van der Waals surface area contributed by atoms with Crippen molar-refractivity contribution in [1.29, 1.82) is 0 Å². The van der Waals surface area contributed by atoms with Gasteiger partial charge in [-0.25, -0.2) is 9.59 Å². The zero-order valence-electron chi connectivity index (χ0n) is 10.1. The highest BCUT2D eigenvalue weighted by molar-refractivity contribution is 6.02. The minimum atomic E-state index is -0.673. The molecule has 6 heteroatoms. The molecule has 0 saturated heterocycles. The zero-order valence-corrected chi connectivity index (χ0v) is 10.1. The average molecular weight is 239 g/mol. The number of nitrogens with zero attached hydrogens (tertiary/aromatic N) is 1. The van der Waals surface area contributed by atoms with Crippen molar-refractivity contribution in [3.05, 3.63) is 22.5 Å². The molecule has 0 N–H and O–H groups in total. The molecule has 17 heavy (non-hydrogen) atoms. The van der Waals surface area contributed by atoms with Crippen molar-refractivity contribution in [2.24, 2.45) is 7.05 Å². The van der Waals surface area contributed by atoms with E-state index in [1.54, 1.807) is 6.92 Å². The Morgan fingerprint density at radius 2 is 1.59 bits per heavy atom. The summed E-state index contributed by atoms with van der Waals surface area (Å²) < 4.78 is 10.5. The van der Waals surface area contributed by atoms with Crippen molar-refractivity contribution < 1.29 is 23.9 Å². The molecular weight excluding hydrogens is 226 g/mol. The Balaban J connectivity index is 3.56. The van der Waals surface area contributed by atoms with Crippen LogP contribution in [0.2, 0.25) is 0 Å². The van der Waals surface area contributed by atoms with Gasteiger partial charge in [0.15, 0.2) is 6.29 Å². The molecule has 1 heterocycles. The number of esters is 2. The first kappa shape index (κ1) is 13.0. The molecule has 0 aliphatic rings. The molecule has 1 aromatic heterocycles. The summed E-state index contributed by atoms with van der Waals surface area (Å²) in [4.78, 5) is 34.0. The van der Waals surface area contributed by atoms with Crippen LogP contribution in [-0.4, -0.2) is 37.0 Å². The predicted octanol–water partition coefficient (Wildman–Crippen LogP) is 0.719. The van der Waals surface area contributed by atoms with E-state index in [-0.39, 0.29) is 17.0 Å². The summed E-state index contributed by atoms with van der Waals surface area (Å²) >= 11 is 0. The van der Waals surface area contributed by atoms with Gasteiger partial charge in [0.05, 0.1) is 19.8 Å². The van der Waals surface area contributed by atoms with Crippen LogP contribution in [0.15, 0.2) is 0 Å². The number of carbonyl (C=O) groups is 3. The lowest BCUT2D eigenvalue weighted by molar-refractivity contribution is 0.0578. The van der Waals surface area contributed by atoms with Crippen LogP contribution in [0.1, 0.15) is 36.9 Å². The molecule has 0 amide bonds. The molecule has 6 nitrogen and oxygen atoms in total. The van der Waals surface area contributed by atoms with Crippen molar-refractivity contribution >= 4 is 18.2 Å². The minimum absolute atomic E-state index is 0.0420. The summed E-state index contributed by atoms with van der Waals surface area (Å²) in [6, 6.07) is 0. The van der Waals surface area contributed by atoms with E-state index >= 15 is 0 Å². The van der Waals surface area contributed by atoms with E-state index in [1.807, 2.05) is 0 Å².